The number of benzene rings is 2. The van der Waals surface area contributed by atoms with E-state index in [0.29, 0.717) is 32.6 Å². The zero-order chi connectivity index (χ0) is 20.3. The molecule has 0 saturated carbocycles. The lowest BCUT2D eigenvalue weighted by Crippen LogP contribution is -2.49. The van der Waals surface area contributed by atoms with Crippen molar-refractivity contribution < 1.29 is 28.9 Å². The summed E-state index contributed by atoms with van der Waals surface area (Å²) in [6, 6.07) is 15.7. The van der Waals surface area contributed by atoms with Crippen molar-refractivity contribution in [3.8, 4) is 0 Å². The predicted octanol–water partition coefficient (Wildman–Crippen LogP) is 3.60. The summed E-state index contributed by atoms with van der Waals surface area (Å²) in [5.41, 5.74) is 1.94. The largest absolute Gasteiger partial charge is 0.478 e. The molecule has 1 spiro atoms. The maximum atomic E-state index is 12.9. The SMILES string of the molecule is O=C(O)c1ccc(C2CC3(CCN2C(=O)OCc2ccccc2)OCCO3)cc1. The normalized spacial score (nSPS) is 20.6. The summed E-state index contributed by atoms with van der Waals surface area (Å²) in [6.07, 6.45) is 0.630. The Labute approximate surface area is 168 Å². The number of carboxylic acid groups (broad SMARTS) is 1. The molecule has 7 heteroatoms. The molecule has 2 saturated heterocycles. The van der Waals surface area contributed by atoms with Crippen LogP contribution in [-0.4, -0.2) is 47.6 Å². The van der Waals surface area contributed by atoms with Gasteiger partial charge in [-0.2, -0.15) is 0 Å². The first-order chi connectivity index (χ1) is 14.1. The van der Waals surface area contributed by atoms with E-state index in [9.17, 15) is 9.59 Å². The van der Waals surface area contributed by atoms with E-state index < -0.39 is 17.8 Å². The highest BCUT2D eigenvalue weighted by Crippen LogP contribution is 2.41. The van der Waals surface area contributed by atoms with Crippen LogP contribution in [0.1, 0.15) is 40.4 Å². The molecule has 1 N–H and O–H groups in total. The summed E-state index contributed by atoms with van der Waals surface area (Å²) in [5.74, 6) is -1.69. The number of carbonyl (C=O) groups excluding carboxylic acids is 1. The number of hydrogen-bond acceptors (Lipinski definition) is 5. The Hall–Kier alpha value is -2.90. The first kappa shape index (κ1) is 19.4. The van der Waals surface area contributed by atoms with Gasteiger partial charge in [0, 0.05) is 19.4 Å². The summed E-state index contributed by atoms with van der Waals surface area (Å²) in [5, 5.41) is 9.15. The quantitative estimate of drug-likeness (QED) is 0.849. The fourth-order valence-electron chi connectivity index (χ4n) is 3.88. The summed E-state index contributed by atoms with van der Waals surface area (Å²) in [4.78, 5) is 25.7. The molecule has 152 valence electrons. The minimum absolute atomic E-state index is 0.193. The second-order valence-corrected chi connectivity index (χ2v) is 7.24. The third-order valence-corrected chi connectivity index (χ3v) is 5.41. The molecule has 1 atom stereocenters. The average Bonchev–Trinajstić information content (AvgIpc) is 3.20. The number of piperidine rings is 1. The first-order valence-corrected chi connectivity index (χ1v) is 9.65. The number of hydrogen-bond donors (Lipinski definition) is 1. The highest BCUT2D eigenvalue weighted by Gasteiger charge is 2.46. The van der Waals surface area contributed by atoms with Gasteiger partial charge < -0.3 is 24.2 Å². The van der Waals surface area contributed by atoms with Crippen molar-refractivity contribution in [2.75, 3.05) is 19.8 Å². The Morgan fingerprint density at radius 2 is 1.76 bits per heavy atom. The summed E-state index contributed by atoms with van der Waals surface area (Å²) < 4.78 is 17.3. The maximum Gasteiger partial charge on any atom is 0.410 e. The standard InChI is InChI=1S/C22H23NO6/c24-20(25)18-8-6-17(7-9-18)19-14-22(28-12-13-29-22)10-11-23(19)21(26)27-15-16-4-2-1-3-5-16/h1-9,19H,10-15H2,(H,24,25). The van der Waals surface area contributed by atoms with Crippen molar-refractivity contribution in [3.05, 3.63) is 71.3 Å². The van der Waals surface area contributed by atoms with Gasteiger partial charge in [-0.05, 0) is 23.3 Å². The van der Waals surface area contributed by atoms with Gasteiger partial charge in [-0.15, -0.1) is 0 Å². The molecule has 2 fully saturated rings. The number of likely N-dealkylation sites (tertiary alicyclic amines) is 1. The molecule has 2 aromatic rings. The molecule has 1 unspecified atom stereocenters. The summed E-state index contributed by atoms with van der Waals surface area (Å²) in [7, 11) is 0. The van der Waals surface area contributed by atoms with Crippen molar-refractivity contribution >= 4 is 12.1 Å². The van der Waals surface area contributed by atoms with Crippen molar-refractivity contribution in [3.63, 3.8) is 0 Å². The van der Waals surface area contributed by atoms with Crippen LogP contribution in [0.25, 0.3) is 0 Å². The van der Waals surface area contributed by atoms with E-state index in [1.165, 1.54) is 0 Å². The molecule has 29 heavy (non-hydrogen) atoms. The average molecular weight is 397 g/mol. The Balaban J connectivity index is 1.53. The third kappa shape index (κ3) is 4.26. The van der Waals surface area contributed by atoms with Gasteiger partial charge in [-0.25, -0.2) is 9.59 Å². The third-order valence-electron chi connectivity index (χ3n) is 5.41. The lowest BCUT2D eigenvalue weighted by molar-refractivity contribution is -0.194. The molecular formula is C22H23NO6. The summed E-state index contributed by atoms with van der Waals surface area (Å²) in [6.45, 7) is 1.68. The lowest BCUT2D eigenvalue weighted by Gasteiger charge is -2.43. The molecular weight excluding hydrogens is 374 g/mol. The van der Waals surface area contributed by atoms with Gasteiger partial charge in [-0.1, -0.05) is 42.5 Å². The van der Waals surface area contributed by atoms with Gasteiger partial charge in [0.1, 0.15) is 6.61 Å². The number of ether oxygens (including phenoxy) is 3. The number of carboxylic acids is 1. The smallest absolute Gasteiger partial charge is 0.410 e. The van der Waals surface area contributed by atoms with Crippen LogP contribution in [0.15, 0.2) is 54.6 Å². The minimum Gasteiger partial charge on any atom is -0.478 e. The predicted molar refractivity (Wildman–Crippen MR) is 103 cm³/mol. The molecule has 1 amide bonds. The van der Waals surface area contributed by atoms with Crippen molar-refractivity contribution in [2.45, 2.75) is 31.3 Å². The Kier molecular flexibility index (Phi) is 5.51. The molecule has 4 rings (SSSR count). The Morgan fingerprint density at radius 1 is 1.07 bits per heavy atom. The molecule has 2 aliphatic heterocycles. The molecule has 0 radical (unpaired) electrons. The Bertz CT molecular complexity index is 861. The van der Waals surface area contributed by atoms with Crippen LogP contribution in [0.2, 0.25) is 0 Å². The van der Waals surface area contributed by atoms with E-state index in [1.807, 2.05) is 30.3 Å². The van der Waals surface area contributed by atoms with Gasteiger partial charge in [0.2, 0.25) is 0 Å². The van der Waals surface area contributed by atoms with Crippen LogP contribution in [0.4, 0.5) is 4.79 Å². The fourth-order valence-corrected chi connectivity index (χ4v) is 3.88. The molecule has 0 bridgehead atoms. The van der Waals surface area contributed by atoms with E-state index >= 15 is 0 Å². The van der Waals surface area contributed by atoms with Crippen molar-refractivity contribution in [1.29, 1.82) is 0 Å². The van der Waals surface area contributed by atoms with Gasteiger partial charge >= 0.3 is 12.1 Å². The number of carbonyl (C=O) groups is 2. The number of aromatic carboxylic acids is 1. The van der Waals surface area contributed by atoms with Crippen LogP contribution >= 0.6 is 0 Å². The van der Waals surface area contributed by atoms with E-state index in [4.69, 9.17) is 19.3 Å². The van der Waals surface area contributed by atoms with Crippen molar-refractivity contribution in [1.82, 2.24) is 4.90 Å². The molecule has 2 aliphatic rings. The number of amides is 1. The highest BCUT2D eigenvalue weighted by molar-refractivity contribution is 5.87. The van der Waals surface area contributed by atoms with Gasteiger partial charge in [-0.3, -0.25) is 0 Å². The zero-order valence-electron chi connectivity index (χ0n) is 16.0. The van der Waals surface area contributed by atoms with Gasteiger partial charge in [0.25, 0.3) is 0 Å². The van der Waals surface area contributed by atoms with E-state index in [1.54, 1.807) is 29.2 Å². The van der Waals surface area contributed by atoms with Crippen molar-refractivity contribution in [2.24, 2.45) is 0 Å². The van der Waals surface area contributed by atoms with E-state index in [2.05, 4.69) is 0 Å². The molecule has 7 nitrogen and oxygen atoms in total. The topological polar surface area (TPSA) is 85.3 Å². The molecule has 0 aliphatic carbocycles. The monoisotopic (exact) mass is 397 g/mol. The van der Waals surface area contributed by atoms with Gasteiger partial charge in [0.05, 0.1) is 24.8 Å². The van der Waals surface area contributed by atoms with Crippen LogP contribution < -0.4 is 0 Å². The van der Waals surface area contributed by atoms with Crippen LogP contribution in [-0.2, 0) is 20.8 Å². The fraction of sp³-hybridized carbons (Fsp3) is 0.364. The van der Waals surface area contributed by atoms with E-state index in [0.717, 1.165) is 11.1 Å². The highest BCUT2D eigenvalue weighted by atomic mass is 16.7. The first-order valence-electron chi connectivity index (χ1n) is 9.65. The second-order valence-electron chi connectivity index (χ2n) is 7.24. The minimum atomic E-state index is -0.988. The Morgan fingerprint density at radius 3 is 2.41 bits per heavy atom. The number of rotatable bonds is 4. The number of nitrogens with zero attached hydrogens (tertiary/aromatic N) is 1. The lowest BCUT2D eigenvalue weighted by atomic mass is 9.90. The second kappa shape index (κ2) is 8.23. The van der Waals surface area contributed by atoms with Crippen LogP contribution in [0.3, 0.4) is 0 Å². The summed E-state index contributed by atoms with van der Waals surface area (Å²) >= 11 is 0. The molecule has 2 heterocycles. The van der Waals surface area contributed by atoms with Crippen LogP contribution in [0, 0.1) is 0 Å². The van der Waals surface area contributed by atoms with E-state index in [-0.39, 0.29) is 18.2 Å². The van der Waals surface area contributed by atoms with Gasteiger partial charge in [0.15, 0.2) is 5.79 Å². The molecule has 0 aromatic heterocycles. The zero-order valence-corrected chi connectivity index (χ0v) is 16.0. The molecule has 2 aromatic carbocycles. The van der Waals surface area contributed by atoms with Crippen LogP contribution in [0.5, 0.6) is 0 Å². The maximum absolute atomic E-state index is 12.9.